The zero-order valence-electron chi connectivity index (χ0n) is 17.1. The second kappa shape index (κ2) is 7.35. The van der Waals surface area contributed by atoms with Gasteiger partial charge in [0.15, 0.2) is 5.79 Å². The number of benzene rings is 1. The largest absolute Gasteiger partial charge is 0.363 e. The Labute approximate surface area is 167 Å². The third-order valence-electron chi connectivity index (χ3n) is 6.57. The van der Waals surface area contributed by atoms with Crippen LogP contribution >= 0.6 is 0 Å². The number of ether oxygens (including phenoxy) is 5. The number of fused-ring (bicyclic) bond motifs is 2. The second-order valence-electron chi connectivity index (χ2n) is 9.02. The Bertz CT molecular complexity index is 669. The first-order chi connectivity index (χ1) is 13.3. The molecule has 4 heterocycles. The van der Waals surface area contributed by atoms with E-state index in [0.717, 1.165) is 18.4 Å². The standard InChI is InChI=1S/C22H32O6/c1-19(2)21(23)12-11-20(3,27-19)22(28-21)10-9-18(15-26-22)14-25-16-24-13-17-7-5-4-6-8-17/h4-8,18,23H,9-16H2,1-3H3/t18-,20+,21+,22+/m1/s1. The molecule has 1 N–H and O–H groups in total. The van der Waals surface area contributed by atoms with Crippen molar-refractivity contribution < 1.29 is 28.8 Å². The van der Waals surface area contributed by atoms with Gasteiger partial charge in [0.1, 0.15) is 18.0 Å². The van der Waals surface area contributed by atoms with Crippen LogP contribution in [0.3, 0.4) is 0 Å². The summed E-state index contributed by atoms with van der Waals surface area (Å²) in [7, 11) is 0. The normalized spacial score (nSPS) is 39.4. The van der Waals surface area contributed by atoms with Gasteiger partial charge in [0, 0.05) is 18.8 Å². The molecule has 2 bridgehead atoms. The Morgan fingerprint density at radius 3 is 2.50 bits per heavy atom. The van der Waals surface area contributed by atoms with Crippen LogP contribution in [0.25, 0.3) is 0 Å². The molecule has 4 aliphatic rings. The molecule has 4 fully saturated rings. The highest BCUT2D eigenvalue weighted by molar-refractivity contribution is 5.13. The molecule has 156 valence electrons. The first-order valence-electron chi connectivity index (χ1n) is 10.2. The lowest BCUT2D eigenvalue weighted by Crippen LogP contribution is -2.78. The van der Waals surface area contributed by atoms with Crippen LogP contribution in [0, 0.1) is 5.92 Å². The van der Waals surface area contributed by atoms with E-state index < -0.39 is 22.8 Å². The fourth-order valence-electron chi connectivity index (χ4n) is 4.66. The van der Waals surface area contributed by atoms with Gasteiger partial charge in [-0.3, -0.25) is 0 Å². The minimum absolute atomic E-state index is 0.266. The van der Waals surface area contributed by atoms with Gasteiger partial charge in [-0.15, -0.1) is 0 Å². The number of hydrogen-bond acceptors (Lipinski definition) is 6. The van der Waals surface area contributed by atoms with E-state index in [1.807, 2.05) is 51.1 Å². The van der Waals surface area contributed by atoms with Crippen molar-refractivity contribution in [3.05, 3.63) is 35.9 Å². The van der Waals surface area contributed by atoms with E-state index in [2.05, 4.69) is 0 Å². The first-order valence-corrected chi connectivity index (χ1v) is 10.2. The maximum Gasteiger partial charge on any atom is 0.200 e. The van der Waals surface area contributed by atoms with Crippen molar-refractivity contribution in [3.63, 3.8) is 0 Å². The van der Waals surface area contributed by atoms with E-state index in [0.29, 0.717) is 32.7 Å². The molecule has 1 aromatic carbocycles. The topological polar surface area (TPSA) is 66.4 Å². The van der Waals surface area contributed by atoms with Crippen LogP contribution in [-0.2, 0) is 30.3 Å². The fraction of sp³-hybridized carbons (Fsp3) is 0.727. The van der Waals surface area contributed by atoms with Crippen molar-refractivity contribution in [2.24, 2.45) is 5.92 Å². The smallest absolute Gasteiger partial charge is 0.200 e. The molecule has 4 saturated heterocycles. The predicted octanol–water partition coefficient (Wildman–Crippen LogP) is 3.37. The van der Waals surface area contributed by atoms with Gasteiger partial charge >= 0.3 is 0 Å². The van der Waals surface area contributed by atoms with Gasteiger partial charge < -0.3 is 28.8 Å². The molecule has 0 amide bonds. The van der Waals surface area contributed by atoms with E-state index in [-0.39, 0.29) is 12.7 Å². The maximum absolute atomic E-state index is 11.0. The number of aliphatic hydroxyl groups is 1. The van der Waals surface area contributed by atoms with Gasteiger partial charge in [-0.25, -0.2) is 0 Å². The summed E-state index contributed by atoms with van der Waals surface area (Å²) < 4.78 is 30.0. The Hall–Kier alpha value is -1.02. The van der Waals surface area contributed by atoms with Gasteiger partial charge in [-0.05, 0) is 39.2 Å². The monoisotopic (exact) mass is 392 g/mol. The van der Waals surface area contributed by atoms with Crippen molar-refractivity contribution in [1.29, 1.82) is 0 Å². The van der Waals surface area contributed by atoms with E-state index >= 15 is 0 Å². The average Bonchev–Trinajstić information content (AvgIpc) is 2.66. The van der Waals surface area contributed by atoms with Crippen molar-refractivity contribution >= 4 is 0 Å². The van der Waals surface area contributed by atoms with E-state index in [1.54, 1.807) is 0 Å². The van der Waals surface area contributed by atoms with Crippen LogP contribution in [0.2, 0.25) is 0 Å². The zero-order valence-corrected chi connectivity index (χ0v) is 17.1. The summed E-state index contributed by atoms with van der Waals surface area (Å²) in [6.07, 6.45) is 2.86. The molecule has 0 aliphatic carbocycles. The molecule has 0 radical (unpaired) electrons. The molecular weight excluding hydrogens is 360 g/mol. The molecule has 28 heavy (non-hydrogen) atoms. The molecule has 5 rings (SSSR count). The fourth-order valence-corrected chi connectivity index (χ4v) is 4.66. The van der Waals surface area contributed by atoms with Crippen molar-refractivity contribution in [2.75, 3.05) is 20.0 Å². The summed E-state index contributed by atoms with van der Waals surface area (Å²) in [4.78, 5) is 0. The predicted molar refractivity (Wildman–Crippen MR) is 102 cm³/mol. The van der Waals surface area contributed by atoms with E-state index in [1.165, 1.54) is 0 Å². The molecule has 4 aliphatic heterocycles. The summed E-state index contributed by atoms with van der Waals surface area (Å²) in [6, 6.07) is 10.0. The Balaban J connectivity index is 1.24. The van der Waals surface area contributed by atoms with Gasteiger partial charge in [0.2, 0.25) is 5.79 Å². The SMILES string of the molecule is CC1(C)O[C@@]2(C)CC[C@]1(O)O[C@@]21CC[C@H](COCOCc2ccccc2)CO1. The van der Waals surface area contributed by atoms with Crippen molar-refractivity contribution in [1.82, 2.24) is 0 Å². The highest BCUT2D eigenvalue weighted by Crippen LogP contribution is 2.58. The van der Waals surface area contributed by atoms with Crippen LogP contribution in [0.4, 0.5) is 0 Å². The van der Waals surface area contributed by atoms with Gasteiger partial charge in [-0.2, -0.15) is 0 Å². The third-order valence-corrected chi connectivity index (χ3v) is 6.57. The summed E-state index contributed by atoms with van der Waals surface area (Å²) >= 11 is 0. The molecule has 6 nitrogen and oxygen atoms in total. The molecule has 6 heteroatoms. The highest BCUT2D eigenvalue weighted by Gasteiger charge is 2.71. The lowest BCUT2D eigenvalue weighted by atomic mass is 9.72. The minimum Gasteiger partial charge on any atom is -0.363 e. The highest BCUT2D eigenvalue weighted by atomic mass is 16.8. The minimum atomic E-state index is -1.31. The van der Waals surface area contributed by atoms with E-state index in [4.69, 9.17) is 23.7 Å². The quantitative estimate of drug-likeness (QED) is 0.591. The van der Waals surface area contributed by atoms with E-state index in [9.17, 15) is 5.11 Å². The van der Waals surface area contributed by atoms with Gasteiger partial charge in [0.25, 0.3) is 0 Å². The molecule has 4 atom stereocenters. The molecule has 1 aromatic rings. The van der Waals surface area contributed by atoms with Crippen LogP contribution in [0.1, 0.15) is 52.0 Å². The second-order valence-corrected chi connectivity index (χ2v) is 9.02. The lowest BCUT2D eigenvalue weighted by Gasteiger charge is -2.66. The maximum atomic E-state index is 11.0. The number of hydrogen-bond donors (Lipinski definition) is 1. The Kier molecular flexibility index (Phi) is 5.31. The van der Waals surface area contributed by atoms with Crippen molar-refractivity contribution in [3.8, 4) is 0 Å². The molecule has 0 aromatic heterocycles. The first kappa shape index (κ1) is 20.3. The summed E-state index contributed by atoms with van der Waals surface area (Å²) in [5.74, 6) is -1.91. The Morgan fingerprint density at radius 2 is 1.82 bits per heavy atom. The van der Waals surface area contributed by atoms with Gasteiger partial charge in [-0.1, -0.05) is 30.3 Å². The van der Waals surface area contributed by atoms with Crippen LogP contribution in [-0.4, -0.2) is 47.9 Å². The molecule has 0 unspecified atom stereocenters. The molecular formula is C22H32O6. The zero-order chi connectivity index (χ0) is 19.9. The van der Waals surface area contributed by atoms with Crippen LogP contribution in [0.5, 0.6) is 0 Å². The lowest BCUT2D eigenvalue weighted by molar-refractivity contribution is -0.522. The molecule has 0 saturated carbocycles. The average molecular weight is 392 g/mol. The van der Waals surface area contributed by atoms with Crippen molar-refractivity contribution in [2.45, 2.75) is 75.8 Å². The summed E-state index contributed by atoms with van der Waals surface area (Å²) in [5, 5.41) is 11.0. The van der Waals surface area contributed by atoms with Crippen LogP contribution < -0.4 is 0 Å². The number of rotatable bonds is 6. The third kappa shape index (κ3) is 3.51. The Morgan fingerprint density at radius 1 is 1.04 bits per heavy atom. The summed E-state index contributed by atoms with van der Waals surface area (Å²) in [6.45, 7) is 7.72. The summed E-state index contributed by atoms with van der Waals surface area (Å²) in [5.41, 5.74) is -0.163. The van der Waals surface area contributed by atoms with Gasteiger partial charge in [0.05, 0.1) is 19.8 Å². The molecule has 1 spiro atoms. The van der Waals surface area contributed by atoms with Crippen LogP contribution in [0.15, 0.2) is 30.3 Å².